The number of imidazole rings is 1. The van der Waals surface area contributed by atoms with E-state index < -0.39 is 0 Å². The largest absolute Gasteiger partial charge is 0.383 e. The van der Waals surface area contributed by atoms with E-state index >= 15 is 0 Å². The molecule has 22 heavy (non-hydrogen) atoms. The number of piperidine rings is 1. The molecule has 0 aromatic carbocycles. The quantitative estimate of drug-likeness (QED) is 0.811. The van der Waals surface area contributed by atoms with Gasteiger partial charge in [0.2, 0.25) is 5.89 Å². The highest BCUT2D eigenvalue weighted by Gasteiger charge is 2.27. The third kappa shape index (κ3) is 3.14. The van der Waals surface area contributed by atoms with Crippen molar-refractivity contribution < 1.29 is 9.26 Å². The van der Waals surface area contributed by atoms with Gasteiger partial charge in [0.05, 0.1) is 6.61 Å². The fraction of sp³-hybridized carbons (Fsp3) is 0.667. The fourth-order valence-corrected chi connectivity index (χ4v) is 2.95. The Bertz CT molecular complexity index is 594. The van der Waals surface area contributed by atoms with Crippen molar-refractivity contribution in [3.63, 3.8) is 0 Å². The Balaban J connectivity index is 1.71. The van der Waals surface area contributed by atoms with Gasteiger partial charge in [-0.2, -0.15) is 4.98 Å². The molecule has 0 radical (unpaired) electrons. The summed E-state index contributed by atoms with van der Waals surface area (Å²) < 4.78 is 12.6. The lowest BCUT2D eigenvalue weighted by molar-refractivity contribution is 0.185. The smallest absolute Gasteiger partial charge is 0.266 e. The van der Waals surface area contributed by atoms with Crippen LogP contribution in [-0.2, 0) is 17.7 Å². The molecular formula is C15H23N5O2. The first-order valence-corrected chi connectivity index (χ1v) is 7.89. The first-order chi connectivity index (χ1) is 10.8. The highest BCUT2D eigenvalue weighted by Crippen LogP contribution is 2.28. The molecule has 0 amide bonds. The molecule has 1 aliphatic rings. The number of hydrogen-bond donors (Lipinski definition) is 0. The van der Waals surface area contributed by atoms with Gasteiger partial charge in [-0.15, -0.1) is 0 Å². The number of methoxy groups -OCH3 is 1. The van der Waals surface area contributed by atoms with Gasteiger partial charge in [-0.05, 0) is 18.0 Å². The summed E-state index contributed by atoms with van der Waals surface area (Å²) in [5, 5.41) is 4.09. The van der Waals surface area contributed by atoms with E-state index in [2.05, 4.69) is 24.6 Å². The molecule has 2 aromatic heterocycles. The molecule has 0 spiro atoms. The van der Waals surface area contributed by atoms with Crippen molar-refractivity contribution in [2.45, 2.75) is 38.6 Å². The van der Waals surface area contributed by atoms with E-state index in [1.165, 1.54) is 0 Å². The number of aryl methyl sites for hydroxylation is 1. The summed E-state index contributed by atoms with van der Waals surface area (Å²) >= 11 is 0. The predicted molar refractivity (Wildman–Crippen MR) is 82.0 cm³/mol. The third-order valence-corrected chi connectivity index (χ3v) is 4.11. The lowest BCUT2D eigenvalue weighted by Gasteiger charge is -2.31. The lowest BCUT2D eigenvalue weighted by Crippen LogP contribution is -2.36. The Morgan fingerprint density at radius 3 is 3.14 bits per heavy atom. The Morgan fingerprint density at radius 2 is 2.36 bits per heavy atom. The summed E-state index contributed by atoms with van der Waals surface area (Å²) in [6.07, 6.45) is 6.91. The normalized spacial score (nSPS) is 18.8. The highest BCUT2D eigenvalue weighted by atomic mass is 16.5. The van der Waals surface area contributed by atoms with Crippen molar-refractivity contribution in [2.24, 2.45) is 0 Å². The van der Waals surface area contributed by atoms with Crippen LogP contribution in [0.4, 0.5) is 5.95 Å². The number of hydrogen-bond acceptors (Lipinski definition) is 6. The second kappa shape index (κ2) is 6.91. The van der Waals surface area contributed by atoms with Crippen LogP contribution < -0.4 is 4.90 Å². The molecule has 1 atom stereocenters. The van der Waals surface area contributed by atoms with Crippen molar-refractivity contribution in [2.75, 3.05) is 31.7 Å². The topological polar surface area (TPSA) is 69.2 Å². The molecule has 0 N–H and O–H groups in total. The molecule has 1 aliphatic heterocycles. The lowest BCUT2D eigenvalue weighted by atomic mass is 9.97. The van der Waals surface area contributed by atoms with Gasteiger partial charge in [-0.25, -0.2) is 4.98 Å². The van der Waals surface area contributed by atoms with Gasteiger partial charge in [0.25, 0.3) is 5.95 Å². The van der Waals surface area contributed by atoms with Gasteiger partial charge in [-0.3, -0.25) is 0 Å². The van der Waals surface area contributed by atoms with Gasteiger partial charge in [0, 0.05) is 51.5 Å². The van der Waals surface area contributed by atoms with Crippen molar-refractivity contribution in [1.82, 2.24) is 19.7 Å². The van der Waals surface area contributed by atoms with Crippen LogP contribution in [0.1, 0.15) is 37.4 Å². The maximum Gasteiger partial charge on any atom is 0.266 e. The van der Waals surface area contributed by atoms with E-state index in [0.29, 0.717) is 24.4 Å². The molecule has 0 saturated carbocycles. The Kier molecular flexibility index (Phi) is 4.72. The van der Waals surface area contributed by atoms with E-state index in [4.69, 9.17) is 9.26 Å². The van der Waals surface area contributed by atoms with Crippen LogP contribution in [0.3, 0.4) is 0 Å². The van der Waals surface area contributed by atoms with Crippen molar-refractivity contribution in [3.8, 4) is 0 Å². The first-order valence-electron chi connectivity index (χ1n) is 7.89. The number of rotatable bonds is 6. The van der Waals surface area contributed by atoms with Crippen LogP contribution in [0.2, 0.25) is 0 Å². The molecule has 0 aliphatic carbocycles. The first kappa shape index (κ1) is 15.0. The van der Waals surface area contributed by atoms with Crippen LogP contribution in [0.5, 0.6) is 0 Å². The number of anilines is 1. The van der Waals surface area contributed by atoms with Crippen molar-refractivity contribution in [1.29, 1.82) is 0 Å². The summed E-state index contributed by atoms with van der Waals surface area (Å²) in [6, 6.07) is 0. The fourth-order valence-electron chi connectivity index (χ4n) is 2.95. The third-order valence-electron chi connectivity index (χ3n) is 4.11. The molecular weight excluding hydrogens is 282 g/mol. The molecule has 2 aromatic rings. The molecule has 7 heteroatoms. The Labute approximate surface area is 130 Å². The maximum atomic E-state index is 5.23. The van der Waals surface area contributed by atoms with Crippen LogP contribution in [0.15, 0.2) is 16.9 Å². The standard InChI is InChI=1S/C15H23N5O2/c1-3-13-17-15(18-22-13)20-7-4-5-12(11-20)14-16-6-8-19(14)9-10-21-2/h6,8,12H,3-5,7,9-11H2,1-2H3/t12-/m0/s1. The molecule has 7 nitrogen and oxygen atoms in total. The Hall–Kier alpha value is -1.89. The average molecular weight is 305 g/mol. The van der Waals surface area contributed by atoms with Gasteiger partial charge in [0.15, 0.2) is 0 Å². The zero-order valence-electron chi connectivity index (χ0n) is 13.2. The monoisotopic (exact) mass is 305 g/mol. The second-order valence-corrected chi connectivity index (χ2v) is 5.60. The average Bonchev–Trinajstić information content (AvgIpc) is 3.22. The molecule has 1 saturated heterocycles. The molecule has 0 bridgehead atoms. The van der Waals surface area contributed by atoms with Crippen LogP contribution in [0.25, 0.3) is 0 Å². The minimum absolute atomic E-state index is 0.393. The van der Waals surface area contributed by atoms with Crippen LogP contribution in [0, 0.1) is 0 Å². The maximum absolute atomic E-state index is 5.23. The summed E-state index contributed by atoms with van der Waals surface area (Å²) in [4.78, 5) is 11.2. The number of aromatic nitrogens is 4. The van der Waals surface area contributed by atoms with E-state index in [1.54, 1.807) is 7.11 Å². The number of ether oxygens (including phenoxy) is 1. The minimum Gasteiger partial charge on any atom is -0.383 e. The van der Waals surface area contributed by atoms with Gasteiger partial charge >= 0.3 is 0 Å². The van der Waals surface area contributed by atoms with E-state index in [1.807, 2.05) is 19.3 Å². The predicted octanol–water partition coefficient (Wildman–Crippen LogP) is 1.86. The molecule has 1 fully saturated rings. The second-order valence-electron chi connectivity index (χ2n) is 5.60. The van der Waals surface area contributed by atoms with Gasteiger partial charge in [0.1, 0.15) is 5.82 Å². The van der Waals surface area contributed by atoms with Crippen molar-refractivity contribution >= 4 is 5.95 Å². The van der Waals surface area contributed by atoms with E-state index in [-0.39, 0.29) is 0 Å². The minimum atomic E-state index is 0.393. The van der Waals surface area contributed by atoms with Crippen molar-refractivity contribution in [3.05, 3.63) is 24.1 Å². The van der Waals surface area contributed by atoms with Crippen LogP contribution in [-0.4, -0.2) is 46.5 Å². The van der Waals surface area contributed by atoms with Gasteiger partial charge < -0.3 is 18.7 Å². The van der Waals surface area contributed by atoms with E-state index in [0.717, 1.165) is 44.7 Å². The summed E-state index contributed by atoms with van der Waals surface area (Å²) in [5.74, 6) is 2.92. The summed E-state index contributed by atoms with van der Waals surface area (Å²) in [6.45, 7) is 5.41. The summed E-state index contributed by atoms with van der Waals surface area (Å²) in [7, 11) is 1.72. The van der Waals surface area contributed by atoms with Gasteiger partial charge in [-0.1, -0.05) is 6.92 Å². The number of nitrogens with zero attached hydrogens (tertiary/aromatic N) is 5. The zero-order chi connectivity index (χ0) is 15.4. The zero-order valence-corrected chi connectivity index (χ0v) is 13.2. The molecule has 0 unspecified atom stereocenters. The Morgan fingerprint density at radius 1 is 1.45 bits per heavy atom. The van der Waals surface area contributed by atoms with E-state index in [9.17, 15) is 0 Å². The summed E-state index contributed by atoms with van der Waals surface area (Å²) in [5.41, 5.74) is 0. The van der Waals surface area contributed by atoms with Crippen LogP contribution >= 0.6 is 0 Å². The highest BCUT2D eigenvalue weighted by molar-refractivity contribution is 5.30. The molecule has 3 rings (SSSR count). The SMILES string of the molecule is CCc1nc(N2CCC[C@H](c3nccn3CCOC)C2)no1. The molecule has 120 valence electrons. The molecule has 3 heterocycles.